The van der Waals surface area contributed by atoms with Gasteiger partial charge in [-0.25, -0.2) is 0 Å². The van der Waals surface area contributed by atoms with Crippen LogP contribution in [0.3, 0.4) is 0 Å². The molecule has 0 atom stereocenters. The van der Waals surface area contributed by atoms with Gasteiger partial charge in [0, 0.05) is 18.3 Å². The Morgan fingerprint density at radius 1 is 1.13 bits per heavy atom. The lowest BCUT2D eigenvalue weighted by atomic mass is 10.2. The van der Waals surface area contributed by atoms with Gasteiger partial charge in [-0.05, 0) is 24.3 Å². The summed E-state index contributed by atoms with van der Waals surface area (Å²) in [6, 6.07) is 5.18. The van der Waals surface area contributed by atoms with Crippen molar-refractivity contribution in [1.82, 2.24) is 9.19 Å². The number of hydrogen-bond acceptors (Lipinski definition) is 6. The van der Waals surface area contributed by atoms with Gasteiger partial charge in [-0.2, -0.15) is 30.8 Å². The Hall–Kier alpha value is -2.83. The molecule has 0 aliphatic rings. The van der Waals surface area contributed by atoms with Crippen LogP contribution < -0.4 is 4.74 Å². The van der Waals surface area contributed by atoms with Crippen LogP contribution in [-0.4, -0.2) is 22.5 Å². The molecular weight excluding hydrogens is 474 g/mol. The van der Waals surface area contributed by atoms with Crippen LogP contribution in [0, 0.1) is 10.1 Å². The summed E-state index contributed by atoms with van der Waals surface area (Å²) in [6.07, 6.45) is -2.48. The molecule has 158 valence electrons. The third-order valence-electron chi connectivity index (χ3n) is 3.68. The average Bonchev–Trinajstić information content (AvgIpc) is 3.19. The van der Waals surface area contributed by atoms with Crippen molar-refractivity contribution in [2.24, 2.45) is 0 Å². The zero-order chi connectivity index (χ0) is 22.3. The molecule has 0 fully saturated rings. The first-order chi connectivity index (χ1) is 13.9. The lowest BCUT2D eigenvalue weighted by Gasteiger charge is -2.14. The number of nitro benzene ring substituents is 1. The number of ether oxygens (including phenoxy) is 1. The summed E-state index contributed by atoms with van der Waals surface area (Å²) in [5.74, 6) is -0.655. The van der Waals surface area contributed by atoms with Crippen LogP contribution in [0.15, 0.2) is 53.7 Å². The molecule has 1 aromatic heterocycles. The molecule has 0 unspecified atom stereocenters. The van der Waals surface area contributed by atoms with Crippen molar-refractivity contribution in [3.63, 3.8) is 0 Å². The van der Waals surface area contributed by atoms with Crippen molar-refractivity contribution >= 4 is 38.9 Å². The molecule has 0 saturated carbocycles. The fraction of sp³-hybridized carbons (Fsp3) is 0.0625. The minimum absolute atomic E-state index is 0.269. The van der Waals surface area contributed by atoms with Crippen LogP contribution in [0.5, 0.6) is 11.5 Å². The van der Waals surface area contributed by atoms with E-state index in [1.165, 1.54) is 6.07 Å². The van der Waals surface area contributed by atoms with E-state index in [2.05, 4.69) is 5.10 Å². The minimum atomic E-state index is -4.70. The highest BCUT2D eigenvalue weighted by molar-refractivity contribution is 7.90. The molecule has 2 aromatic carbocycles. The number of halogens is 5. The smallest absolute Gasteiger partial charge is 0.416 e. The highest BCUT2D eigenvalue weighted by atomic mass is 35.5. The standard InChI is InChI=1S/C16H8Cl2F3N3O5S/c17-11-6-9(16(19,20)21)7-12(18)15(11)29-10-2-3-13(24(25)26)14(8-10)30(27,28)23-5-1-4-22-23/h1-8H. The third kappa shape index (κ3) is 4.20. The number of alkyl halides is 3. The summed E-state index contributed by atoms with van der Waals surface area (Å²) in [6.45, 7) is 0. The lowest BCUT2D eigenvalue weighted by Crippen LogP contribution is -2.15. The second-order valence-electron chi connectivity index (χ2n) is 5.64. The van der Waals surface area contributed by atoms with Gasteiger partial charge in [0.1, 0.15) is 5.75 Å². The quantitative estimate of drug-likeness (QED) is 0.368. The molecule has 0 saturated heterocycles. The largest absolute Gasteiger partial charge is 0.454 e. The van der Waals surface area contributed by atoms with Gasteiger partial charge in [0.2, 0.25) is 0 Å². The van der Waals surface area contributed by atoms with Crippen LogP contribution in [0.25, 0.3) is 0 Å². The van der Waals surface area contributed by atoms with Gasteiger partial charge in [0.05, 0.1) is 26.7 Å². The number of rotatable bonds is 5. The number of nitrogens with zero attached hydrogens (tertiary/aromatic N) is 3. The van der Waals surface area contributed by atoms with Crippen molar-refractivity contribution in [1.29, 1.82) is 0 Å². The molecule has 0 radical (unpaired) electrons. The number of nitro groups is 1. The van der Waals surface area contributed by atoms with E-state index in [1.807, 2.05) is 0 Å². The average molecular weight is 482 g/mol. The fourth-order valence-electron chi connectivity index (χ4n) is 2.35. The summed E-state index contributed by atoms with van der Waals surface area (Å²) >= 11 is 11.7. The molecule has 1 heterocycles. The Balaban J connectivity index is 2.09. The maximum atomic E-state index is 12.8. The molecule has 0 aliphatic heterocycles. The van der Waals surface area contributed by atoms with E-state index in [1.54, 1.807) is 0 Å². The monoisotopic (exact) mass is 481 g/mol. The molecule has 0 aliphatic carbocycles. The van der Waals surface area contributed by atoms with Gasteiger partial charge >= 0.3 is 6.18 Å². The Kier molecular flexibility index (Phi) is 5.67. The van der Waals surface area contributed by atoms with E-state index >= 15 is 0 Å². The van der Waals surface area contributed by atoms with Crippen LogP contribution in [0.4, 0.5) is 18.9 Å². The van der Waals surface area contributed by atoms with Gasteiger partial charge in [-0.1, -0.05) is 23.2 Å². The summed E-state index contributed by atoms with van der Waals surface area (Å²) in [4.78, 5) is 9.59. The predicted molar refractivity (Wildman–Crippen MR) is 99.4 cm³/mol. The SMILES string of the molecule is O=[N+]([O-])c1ccc(Oc2c(Cl)cc(C(F)(F)F)cc2Cl)cc1S(=O)(=O)n1cccn1. The molecule has 0 bridgehead atoms. The van der Waals surface area contributed by atoms with Crippen molar-refractivity contribution in [3.8, 4) is 11.5 Å². The first-order valence-corrected chi connectivity index (χ1v) is 9.88. The lowest BCUT2D eigenvalue weighted by molar-refractivity contribution is -0.387. The minimum Gasteiger partial charge on any atom is -0.454 e. The second kappa shape index (κ2) is 7.78. The summed E-state index contributed by atoms with van der Waals surface area (Å²) in [7, 11) is -4.46. The zero-order valence-electron chi connectivity index (χ0n) is 14.3. The van der Waals surface area contributed by atoms with Crippen LogP contribution in [0.1, 0.15) is 5.56 Å². The van der Waals surface area contributed by atoms with E-state index in [9.17, 15) is 31.7 Å². The topological polar surface area (TPSA) is 104 Å². The number of aromatic nitrogens is 2. The van der Waals surface area contributed by atoms with E-state index in [0.29, 0.717) is 16.2 Å². The first kappa shape index (κ1) is 21.9. The summed E-state index contributed by atoms with van der Waals surface area (Å²) < 4.78 is 69.8. The van der Waals surface area contributed by atoms with Gasteiger partial charge < -0.3 is 4.74 Å². The number of hydrogen-bond donors (Lipinski definition) is 0. The van der Waals surface area contributed by atoms with Gasteiger partial charge in [-0.15, -0.1) is 0 Å². The molecule has 30 heavy (non-hydrogen) atoms. The molecule has 8 nitrogen and oxygen atoms in total. The van der Waals surface area contributed by atoms with E-state index < -0.39 is 47.3 Å². The van der Waals surface area contributed by atoms with E-state index in [4.69, 9.17) is 27.9 Å². The second-order valence-corrected chi connectivity index (χ2v) is 8.22. The Morgan fingerprint density at radius 3 is 2.27 bits per heavy atom. The van der Waals surface area contributed by atoms with E-state index in [-0.39, 0.29) is 11.5 Å². The highest BCUT2D eigenvalue weighted by Crippen LogP contribution is 2.42. The molecule has 14 heteroatoms. The fourth-order valence-corrected chi connectivity index (χ4v) is 4.20. The normalized spacial score (nSPS) is 12.0. The zero-order valence-corrected chi connectivity index (χ0v) is 16.6. The third-order valence-corrected chi connectivity index (χ3v) is 5.83. The van der Waals surface area contributed by atoms with Crippen molar-refractivity contribution in [2.45, 2.75) is 11.1 Å². The molecule has 3 rings (SSSR count). The summed E-state index contributed by atoms with van der Waals surface area (Å²) in [5, 5.41) is 13.8. The number of benzene rings is 2. The van der Waals surface area contributed by atoms with Gasteiger partial charge in [0.15, 0.2) is 10.6 Å². The van der Waals surface area contributed by atoms with E-state index in [0.717, 1.165) is 30.6 Å². The highest BCUT2D eigenvalue weighted by Gasteiger charge is 2.33. The Labute approximate surface area is 176 Å². The van der Waals surface area contributed by atoms with Gasteiger partial charge in [0.25, 0.3) is 15.7 Å². The first-order valence-electron chi connectivity index (χ1n) is 7.69. The maximum Gasteiger partial charge on any atom is 0.416 e. The maximum absolute atomic E-state index is 12.8. The van der Waals surface area contributed by atoms with Crippen molar-refractivity contribution < 1.29 is 31.2 Å². The van der Waals surface area contributed by atoms with Crippen LogP contribution in [0.2, 0.25) is 10.0 Å². The Morgan fingerprint density at radius 2 is 1.77 bits per heavy atom. The van der Waals surface area contributed by atoms with Crippen molar-refractivity contribution in [3.05, 3.63) is 74.5 Å². The van der Waals surface area contributed by atoms with Crippen LogP contribution >= 0.6 is 23.2 Å². The molecule has 0 N–H and O–H groups in total. The molecule has 3 aromatic rings. The predicted octanol–water partition coefficient (Wildman–Crippen LogP) is 5.15. The molecule has 0 spiro atoms. The Bertz CT molecular complexity index is 1210. The van der Waals surface area contributed by atoms with Crippen LogP contribution in [-0.2, 0) is 16.2 Å². The molecule has 0 amide bonds. The summed E-state index contributed by atoms with van der Waals surface area (Å²) in [5.41, 5.74) is -1.88. The van der Waals surface area contributed by atoms with Crippen molar-refractivity contribution in [2.75, 3.05) is 0 Å². The van der Waals surface area contributed by atoms with Gasteiger partial charge in [-0.3, -0.25) is 10.1 Å². The molecular formula is C16H8Cl2F3N3O5S.